The highest BCUT2D eigenvalue weighted by Crippen LogP contribution is 2.44. The fourth-order valence-corrected chi connectivity index (χ4v) is 2.38. The summed E-state index contributed by atoms with van der Waals surface area (Å²) >= 11 is 0. The summed E-state index contributed by atoms with van der Waals surface area (Å²) in [7, 11) is -3.99. The summed E-state index contributed by atoms with van der Waals surface area (Å²) < 4.78 is 21.6. The number of phosphoric ester groups is 1. The molecule has 1 unspecified atom stereocenters. The molecule has 1 rings (SSSR count). The quantitative estimate of drug-likeness (QED) is 0.572. The van der Waals surface area contributed by atoms with Gasteiger partial charge >= 0.3 is 7.82 Å². The lowest BCUT2D eigenvalue weighted by Crippen LogP contribution is -2.00. The Morgan fingerprint density at radius 1 is 1.22 bits per heavy atom. The van der Waals surface area contributed by atoms with Gasteiger partial charge in [-0.05, 0) is 25.0 Å². The van der Waals surface area contributed by atoms with Crippen molar-refractivity contribution in [3.05, 3.63) is 29.8 Å². The predicted octanol–water partition coefficient (Wildman–Crippen LogP) is 4.07. The first-order chi connectivity index (χ1) is 8.55. The summed E-state index contributed by atoms with van der Waals surface area (Å²) in [5, 5.41) is 0. The Labute approximate surface area is 109 Å². The predicted molar refractivity (Wildman–Crippen MR) is 71.7 cm³/mol. The molecule has 0 bridgehead atoms. The molecule has 0 heterocycles. The number of aryl methyl sites for hydroxylation is 1. The Kier molecular flexibility index (Phi) is 6.41. The molecule has 5 heteroatoms. The third-order valence-corrected chi connectivity index (χ3v) is 3.50. The standard InChI is InChI=1S/C13H21O4P/c1-3-4-5-8-11-16-18(14,15)17-13-10-7-6-9-12(13)2/h6-7,9-10H,3-5,8,11H2,1-2H3,(H,14,15). The fraction of sp³-hybridized carbons (Fsp3) is 0.538. The van der Waals surface area contributed by atoms with Crippen molar-refractivity contribution in [2.75, 3.05) is 6.61 Å². The molecule has 0 spiro atoms. The van der Waals surface area contributed by atoms with Crippen molar-refractivity contribution in [2.24, 2.45) is 0 Å². The highest BCUT2D eigenvalue weighted by atomic mass is 31.2. The summed E-state index contributed by atoms with van der Waals surface area (Å²) in [6.07, 6.45) is 4.00. The van der Waals surface area contributed by atoms with Gasteiger partial charge in [0.15, 0.2) is 0 Å². The van der Waals surface area contributed by atoms with Gasteiger partial charge in [0.2, 0.25) is 0 Å². The average molecular weight is 272 g/mol. The van der Waals surface area contributed by atoms with E-state index >= 15 is 0 Å². The number of benzene rings is 1. The minimum Gasteiger partial charge on any atom is -0.404 e. The van der Waals surface area contributed by atoms with Crippen LogP contribution in [-0.4, -0.2) is 11.5 Å². The maximum Gasteiger partial charge on any atom is 0.527 e. The Bertz CT molecular complexity index is 406. The second kappa shape index (κ2) is 7.57. The molecule has 4 nitrogen and oxygen atoms in total. The van der Waals surface area contributed by atoms with E-state index in [1.54, 1.807) is 12.1 Å². The van der Waals surface area contributed by atoms with Crippen LogP contribution in [-0.2, 0) is 9.09 Å². The summed E-state index contributed by atoms with van der Waals surface area (Å²) in [6.45, 7) is 4.18. The van der Waals surface area contributed by atoms with E-state index in [4.69, 9.17) is 9.05 Å². The Morgan fingerprint density at radius 2 is 1.94 bits per heavy atom. The minimum absolute atomic E-state index is 0.250. The SMILES string of the molecule is CCCCCCOP(=O)(O)Oc1ccccc1C. The van der Waals surface area contributed by atoms with Crippen LogP contribution in [0.3, 0.4) is 0 Å². The molecule has 102 valence electrons. The molecule has 1 N–H and O–H groups in total. The van der Waals surface area contributed by atoms with E-state index in [0.29, 0.717) is 5.75 Å². The molecule has 0 aliphatic carbocycles. The van der Waals surface area contributed by atoms with Gasteiger partial charge in [0.05, 0.1) is 6.61 Å². The molecule has 1 aromatic carbocycles. The molecule has 0 amide bonds. The average Bonchev–Trinajstić information content (AvgIpc) is 2.31. The van der Waals surface area contributed by atoms with E-state index in [2.05, 4.69) is 6.92 Å². The maximum absolute atomic E-state index is 11.7. The molecule has 0 aromatic heterocycles. The summed E-state index contributed by atoms with van der Waals surface area (Å²) in [5.41, 5.74) is 0.807. The highest BCUT2D eigenvalue weighted by molar-refractivity contribution is 7.47. The van der Waals surface area contributed by atoms with Crippen molar-refractivity contribution >= 4 is 7.82 Å². The molecule has 0 radical (unpaired) electrons. The summed E-state index contributed by atoms with van der Waals surface area (Å²) in [6, 6.07) is 7.06. The second-order valence-electron chi connectivity index (χ2n) is 4.22. The van der Waals surface area contributed by atoms with Crippen LogP contribution in [0.1, 0.15) is 38.2 Å². The highest BCUT2D eigenvalue weighted by Gasteiger charge is 2.23. The van der Waals surface area contributed by atoms with Crippen molar-refractivity contribution in [2.45, 2.75) is 39.5 Å². The van der Waals surface area contributed by atoms with E-state index in [1.807, 2.05) is 19.1 Å². The fourth-order valence-electron chi connectivity index (χ4n) is 1.52. The van der Waals surface area contributed by atoms with E-state index in [0.717, 1.165) is 31.2 Å². The number of hydrogen-bond donors (Lipinski definition) is 1. The normalized spacial score (nSPS) is 14.2. The van der Waals surface area contributed by atoms with Gasteiger partial charge in [0.1, 0.15) is 5.75 Å². The van der Waals surface area contributed by atoms with Crippen LogP contribution in [0.2, 0.25) is 0 Å². The third-order valence-electron chi connectivity index (χ3n) is 2.56. The second-order valence-corrected chi connectivity index (χ2v) is 5.60. The molecular weight excluding hydrogens is 251 g/mol. The Balaban J connectivity index is 2.40. The summed E-state index contributed by atoms with van der Waals surface area (Å²) in [4.78, 5) is 9.56. The largest absolute Gasteiger partial charge is 0.527 e. The number of unbranched alkanes of at least 4 members (excludes halogenated alkanes) is 3. The van der Waals surface area contributed by atoms with Crippen LogP contribution < -0.4 is 4.52 Å². The van der Waals surface area contributed by atoms with Crippen LogP contribution in [0.25, 0.3) is 0 Å². The minimum atomic E-state index is -3.99. The zero-order valence-corrected chi connectivity index (χ0v) is 11.9. The lowest BCUT2D eigenvalue weighted by atomic mass is 10.2. The zero-order valence-electron chi connectivity index (χ0n) is 11.0. The smallest absolute Gasteiger partial charge is 0.404 e. The first-order valence-electron chi connectivity index (χ1n) is 6.27. The lowest BCUT2D eigenvalue weighted by Gasteiger charge is -2.14. The monoisotopic (exact) mass is 272 g/mol. The topological polar surface area (TPSA) is 55.8 Å². The van der Waals surface area contributed by atoms with Crippen molar-refractivity contribution in [1.82, 2.24) is 0 Å². The van der Waals surface area contributed by atoms with Gasteiger partial charge in [-0.1, -0.05) is 44.4 Å². The maximum atomic E-state index is 11.7. The van der Waals surface area contributed by atoms with Gasteiger partial charge in [-0.15, -0.1) is 0 Å². The number of rotatable bonds is 8. The van der Waals surface area contributed by atoms with Crippen molar-refractivity contribution < 1.29 is 18.5 Å². The van der Waals surface area contributed by atoms with Crippen molar-refractivity contribution in [1.29, 1.82) is 0 Å². The Morgan fingerprint density at radius 3 is 2.61 bits per heavy atom. The first kappa shape index (κ1) is 15.2. The van der Waals surface area contributed by atoms with Gasteiger partial charge in [-0.25, -0.2) is 4.57 Å². The van der Waals surface area contributed by atoms with Crippen LogP contribution in [0, 0.1) is 6.92 Å². The third kappa shape index (κ3) is 5.67. The van der Waals surface area contributed by atoms with Crippen LogP contribution in [0.4, 0.5) is 0 Å². The Hall–Kier alpha value is -0.830. The van der Waals surface area contributed by atoms with E-state index in [-0.39, 0.29) is 6.61 Å². The van der Waals surface area contributed by atoms with Gasteiger partial charge in [-0.2, -0.15) is 0 Å². The lowest BCUT2D eigenvalue weighted by molar-refractivity contribution is 0.199. The molecule has 0 aliphatic heterocycles. The number of para-hydroxylation sites is 1. The first-order valence-corrected chi connectivity index (χ1v) is 7.77. The molecular formula is C13H21O4P. The molecule has 0 fully saturated rings. The molecule has 18 heavy (non-hydrogen) atoms. The van der Waals surface area contributed by atoms with E-state index in [1.165, 1.54) is 0 Å². The van der Waals surface area contributed by atoms with Crippen molar-refractivity contribution in [3.8, 4) is 5.75 Å². The van der Waals surface area contributed by atoms with Gasteiger partial charge < -0.3 is 4.52 Å². The number of hydrogen-bond acceptors (Lipinski definition) is 3. The molecule has 1 aromatic rings. The number of phosphoric acid groups is 1. The van der Waals surface area contributed by atoms with E-state index < -0.39 is 7.82 Å². The van der Waals surface area contributed by atoms with Gasteiger partial charge in [-0.3, -0.25) is 9.42 Å². The van der Waals surface area contributed by atoms with Crippen molar-refractivity contribution in [3.63, 3.8) is 0 Å². The molecule has 0 saturated carbocycles. The van der Waals surface area contributed by atoms with Gasteiger partial charge in [0, 0.05) is 0 Å². The van der Waals surface area contributed by atoms with Crippen LogP contribution in [0.15, 0.2) is 24.3 Å². The molecule has 1 atom stereocenters. The molecule has 0 saturated heterocycles. The van der Waals surface area contributed by atoms with E-state index in [9.17, 15) is 9.46 Å². The van der Waals surface area contributed by atoms with Crippen LogP contribution >= 0.6 is 7.82 Å². The molecule has 0 aliphatic rings. The summed E-state index contributed by atoms with van der Waals surface area (Å²) in [5.74, 6) is 0.386. The zero-order chi connectivity index (χ0) is 13.4. The van der Waals surface area contributed by atoms with Crippen LogP contribution in [0.5, 0.6) is 5.75 Å². The van der Waals surface area contributed by atoms with Gasteiger partial charge in [0.25, 0.3) is 0 Å².